The van der Waals surface area contributed by atoms with Crippen molar-refractivity contribution in [1.82, 2.24) is 5.43 Å². The van der Waals surface area contributed by atoms with Crippen LogP contribution in [-0.2, 0) is 0 Å². The molecule has 2 amide bonds. The fourth-order valence-corrected chi connectivity index (χ4v) is 2.87. The molecule has 0 radical (unpaired) electrons. The van der Waals surface area contributed by atoms with Crippen molar-refractivity contribution in [2.45, 2.75) is 19.8 Å². The van der Waals surface area contributed by atoms with Gasteiger partial charge in [-0.15, -0.1) is 0 Å². The summed E-state index contributed by atoms with van der Waals surface area (Å²) in [6.07, 6.45) is 1.56. The van der Waals surface area contributed by atoms with E-state index >= 15 is 0 Å². The van der Waals surface area contributed by atoms with Crippen molar-refractivity contribution < 1.29 is 14.5 Å². The summed E-state index contributed by atoms with van der Waals surface area (Å²) in [5.74, 6) is -0.430. The van der Waals surface area contributed by atoms with Crippen molar-refractivity contribution in [1.29, 1.82) is 0 Å². The van der Waals surface area contributed by atoms with Crippen molar-refractivity contribution >= 4 is 29.4 Å². The van der Waals surface area contributed by atoms with Gasteiger partial charge in [-0.3, -0.25) is 19.7 Å². The summed E-state index contributed by atoms with van der Waals surface area (Å²) in [6.45, 7) is 4.23. The van der Waals surface area contributed by atoms with Crippen LogP contribution in [0.2, 0.25) is 0 Å². The molecule has 0 aliphatic rings. The molecule has 0 atom stereocenters. The number of hydrazone groups is 1. The Hall–Kier alpha value is -4.33. The Morgan fingerprint density at radius 3 is 2.25 bits per heavy atom. The zero-order valence-electron chi connectivity index (χ0n) is 17.6. The fourth-order valence-electron chi connectivity index (χ4n) is 2.87. The molecule has 8 nitrogen and oxygen atoms in total. The lowest BCUT2D eigenvalue weighted by Crippen LogP contribution is -2.18. The number of non-ortho nitro benzene ring substituents is 1. The third-order valence-corrected chi connectivity index (χ3v) is 4.71. The lowest BCUT2D eigenvalue weighted by Gasteiger charge is -2.07. The maximum absolute atomic E-state index is 12.4. The van der Waals surface area contributed by atoms with Crippen LogP contribution in [0.3, 0.4) is 0 Å². The molecule has 2 N–H and O–H groups in total. The maximum atomic E-state index is 12.4. The van der Waals surface area contributed by atoms with Crippen LogP contribution in [0.15, 0.2) is 77.9 Å². The summed E-state index contributed by atoms with van der Waals surface area (Å²) in [7, 11) is 0. The Morgan fingerprint density at radius 1 is 0.938 bits per heavy atom. The number of hydrogen-bond donors (Lipinski definition) is 2. The van der Waals surface area contributed by atoms with Crippen molar-refractivity contribution in [2.75, 3.05) is 5.32 Å². The number of carbonyl (C=O) groups excluding carboxylic acids is 2. The summed E-state index contributed by atoms with van der Waals surface area (Å²) in [5, 5.41) is 17.4. The first-order valence-electron chi connectivity index (χ1n) is 9.92. The quantitative estimate of drug-likeness (QED) is 0.320. The molecular formula is C24H22N4O4. The van der Waals surface area contributed by atoms with Gasteiger partial charge in [-0.25, -0.2) is 5.43 Å². The van der Waals surface area contributed by atoms with E-state index in [9.17, 15) is 19.7 Å². The van der Waals surface area contributed by atoms with Gasteiger partial charge in [0, 0.05) is 28.9 Å². The molecule has 0 aliphatic carbocycles. The minimum atomic E-state index is -0.535. The van der Waals surface area contributed by atoms with Crippen LogP contribution in [-0.4, -0.2) is 23.0 Å². The zero-order valence-corrected chi connectivity index (χ0v) is 17.6. The molecule has 0 unspecified atom stereocenters. The standard InChI is InChI=1S/C24H22N4O4/c1-16(2)18-8-6-17(7-9-18)15-25-27-24(30)20-4-3-5-21(14-20)26-23(29)19-10-12-22(13-11-19)28(31)32/h3-16H,1-2H3,(H,26,29)(H,27,30)/b25-15+. The van der Waals surface area contributed by atoms with Crippen molar-refractivity contribution in [3.05, 3.63) is 105 Å². The molecule has 32 heavy (non-hydrogen) atoms. The Balaban J connectivity index is 1.61. The average Bonchev–Trinajstić information content (AvgIpc) is 2.79. The van der Waals surface area contributed by atoms with E-state index in [0.717, 1.165) is 5.56 Å². The summed E-state index contributed by atoms with van der Waals surface area (Å²) in [4.78, 5) is 34.9. The van der Waals surface area contributed by atoms with Crippen LogP contribution in [0.4, 0.5) is 11.4 Å². The first-order chi connectivity index (χ1) is 15.3. The van der Waals surface area contributed by atoms with Crippen molar-refractivity contribution in [3.8, 4) is 0 Å². The molecule has 0 aromatic heterocycles. The summed E-state index contributed by atoms with van der Waals surface area (Å²) < 4.78 is 0. The second-order valence-corrected chi connectivity index (χ2v) is 7.36. The second-order valence-electron chi connectivity index (χ2n) is 7.36. The van der Waals surface area contributed by atoms with E-state index in [-0.39, 0.29) is 11.3 Å². The summed E-state index contributed by atoms with van der Waals surface area (Å²) in [5.41, 5.74) is 5.44. The van der Waals surface area contributed by atoms with E-state index in [1.165, 1.54) is 35.9 Å². The number of hydrogen-bond acceptors (Lipinski definition) is 5. The van der Waals surface area contributed by atoms with Crippen LogP contribution in [0.25, 0.3) is 0 Å². The van der Waals surface area contributed by atoms with Crippen molar-refractivity contribution in [2.24, 2.45) is 5.10 Å². The molecule has 0 fully saturated rings. The minimum absolute atomic E-state index is 0.100. The monoisotopic (exact) mass is 430 g/mol. The Labute approximate surface area is 185 Å². The summed E-state index contributed by atoms with van der Waals surface area (Å²) >= 11 is 0. The third-order valence-electron chi connectivity index (χ3n) is 4.71. The van der Waals surface area contributed by atoms with Gasteiger partial charge in [-0.1, -0.05) is 44.2 Å². The number of anilines is 1. The number of nitrogens with zero attached hydrogens (tertiary/aromatic N) is 2. The summed E-state index contributed by atoms with van der Waals surface area (Å²) in [6, 6.07) is 19.5. The first kappa shape index (κ1) is 22.4. The van der Waals surface area contributed by atoms with Gasteiger partial charge in [0.15, 0.2) is 0 Å². The Bertz CT molecular complexity index is 1150. The van der Waals surface area contributed by atoms with E-state index in [0.29, 0.717) is 17.2 Å². The highest BCUT2D eigenvalue weighted by atomic mass is 16.6. The van der Waals surface area contributed by atoms with Crippen LogP contribution >= 0.6 is 0 Å². The van der Waals surface area contributed by atoms with Gasteiger partial charge in [0.25, 0.3) is 17.5 Å². The predicted octanol–water partition coefficient (Wildman–Crippen LogP) is 4.73. The van der Waals surface area contributed by atoms with Gasteiger partial charge in [0.2, 0.25) is 0 Å². The molecule has 8 heteroatoms. The van der Waals surface area contributed by atoms with Gasteiger partial charge in [0.1, 0.15) is 0 Å². The Kier molecular flexibility index (Phi) is 7.07. The van der Waals surface area contributed by atoms with Gasteiger partial charge >= 0.3 is 0 Å². The number of rotatable bonds is 7. The van der Waals surface area contributed by atoms with Crippen LogP contribution in [0.1, 0.15) is 51.6 Å². The first-order valence-corrected chi connectivity index (χ1v) is 9.92. The number of benzene rings is 3. The van der Waals surface area contributed by atoms with Crippen LogP contribution in [0.5, 0.6) is 0 Å². The second kappa shape index (κ2) is 10.1. The molecule has 0 saturated heterocycles. The SMILES string of the molecule is CC(C)c1ccc(/C=N/NC(=O)c2cccc(NC(=O)c3ccc([N+](=O)[O-])cc3)c2)cc1. The van der Waals surface area contributed by atoms with E-state index in [4.69, 9.17) is 0 Å². The van der Waals surface area contributed by atoms with Gasteiger partial charge in [-0.2, -0.15) is 5.10 Å². The number of amides is 2. The molecule has 3 aromatic rings. The van der Waals surface area contributed by atoms with E-state index in [1.807, 2.05) is 24.3 Å². The highest BCUT2D eigenvalue weighted by Crippen LogP contribution is 2.16. The topological polar surface area (TPSA) is 114 Å². The lowest BCUT2D eigenvalue weighted by molar-refractivity contribution is -0.384. The maximum Gasteiger partial charge on any atom is 0.271 e. The smallest absolute Gasteiger partial charge is 0.271 e. The van der Waals surface area contributed by atoms with E-state index in [1.54, 1.807) is 24.4 Å². The molecule has 3 aromatic carbocycles. The molecule has 3 rings (SSSR count). The van der Waals surface area contributed by atoms with Gasteiger partial charge in [0.05, 0.1) is 11.1 Å². The molecular weight excluding hydrogens is 408 g/mol. The van der Waals surface area contributed by atoms with E-state index in [2.05, 4.69) is 29.7 Å². The van der Waals surface area contributed by atoms with E-state index < -0.39 is 16.7 Å². The van der Waals surface area contributed by atoms with Crippen molar-refractivity contribution in [3.63, 3.8) is 0 Å². The predicted molar refractivity (Wildman–Crippen MR) is 123 cm³/mol. The molecule has 0 saturated carbocycles. The van der Waals surface area contributed by atoms with Gasteiger partial charge < -0.3 is 5.32 Å². The van der Waals surface area contributed by atoms with Crippen LogP contribution in [0, 0.1) is 10.1 Å². The number of nitro groups is 1. The minimum Gasteiger partial charge on any atom is -0.322 e. The Morgan fingerprint density at radius 2 is 1.62 bits per heavy atom. The molecule has 0 spiro atoms. The molecule has 0 bridgehead atoms. The molecule has 0 heterocycles. The van der Waals surface area contributed by atoms with Gasteiger partial charge in [-0.05, 0) is 47.4 Å². The highest BCUT2D eigenvalue weighted by Gasteiger charge is 2.11. The fraction of sp³-hybridized carbons (Fsp3) is 0.125. The average molecular weight is 430 g/mol. The third kappa shape index (κ3) is 5.85. The number of carbonyl (C=O) groups is 2. The zero-order chi connectivity index (χ0) is 23.1. The number of nitro benzene ring substituents is 1. The number of nitrogens with one attached hydrogen (secondary N) is 2. The largest absolute Gasteiger partial charge is 0.322 e. The molecule has 0 aliphatic heterocycles. The van der Waals surface area contributed by atoms with Crippen LogP contribution < -0.4 is 10.7 Å². The normalized spacial score (nSPS) is 10.8. The lowest BCUT2D eigenvalue weighted by atomic mass is 10.0. The molecule has 162 valence electrons. The highest BCUT2D eigenvalue weighted by molar-refractivity contribution is 6.05.